The first kappa shape index (κ1) is 12.8. The van der Waals surface area contributed by atoms with E-state index in [-0.39, 0.29) is 0 Å². The monoisotopic (exact) mass is 292 g/mol. The van der Waals surface area contributed by atoms with Crippen LogP contribution in [0.15, 0.2) is 49.1 Å². The van der Waals surface area contributed by atoms with Crippen LogP contribution < -0.4 is 5.32 Å². The van der Waals surface area contributed by atoms with Gasteiger partial charge in [0.2, 0.25) is 0 Å². The number of nitrogens with zero attached hydrogens (tertiary/aromatic N) is 5. The van der Waals surface area contributed by atoms with Crippen LogP contribution in [0.1, 0.15) is 11.4 Å². The summed E-state index contributed by atoms with van der Waals surface area (Å²) in [5.41, 5.74) is 4.02. The van der Waals surface area contributed by atoms with E-state index in [9.17, 15) is 0 Å². The maximum Gasteiger partial charge on any atom is 0.152 e. The molecule has 4 rings (SSSR count). The first-order valence-corrected chi connectivity index (χ1v) is 7.27. The Hall–Kier alpha value is -2.89. The number of rotatable bonds is 4. The minimum absolute atomic E-state index is 0.779. The molecule has 0 saturated carbocycles. The molecule has 0 spiro atoms. The highest BCUT2D eigenvalue weighted by molar-refractivity contribution is 5.67. The molecule has 0 aromatic carbocycles. The molecule has 0 atom stereocenters. The summed E-state index contributed by atoms with van der Waals surface area (Å²) in [6.07, 6.45) is 8.53. The van der Waals surface area contributed by atoms with E-state index in [1.54, 1.807) is 6.20 Å². The molecule has 0 radical (unpaired) electrons. The van der Waals surface area contributed by atoms with E-state index in [1.165, 1.54) is 0 Å². The maximum atomic E-state index is 4.60. The zero-order chi connectivity index (χ0) is 14.9. The molecule has 0 aliphatic heterocycles. The topological polar surface area (TPSA) is 59.5 Å². The average Bonchev–Trinajstić information content (AvgIpc) is 3.09. The van der Waals surface area contributed by atoms with Crippen molar-refractivity contribution in [2.24, 2.45) is 0 Å². The molecule has 1 N–H and O–H groups in total. The van der Waals surface area contributed by atoms with Crippen LogP contribution >= 0.6 is 0 Å². The average molecular weight is 292 g/mol. The van der Waals surface area contributed by atoms with Gasteiger partial charge in [-0.2, -0.15) is 5.10 Å². The highest BCUT2D eigenvalue weighted by Crippen LogP contribution is 2.14. The first-order chi connectivity index (χ1) is 10.8. The Labute approximate surface area is 127 Å². The second-order valence-corrected chi connectivity index (χ2v) is 5.27. The Bertz CT molecular complexity index is 903. The Morgan fingerprint density at radius 3 is 3.09 bits per heavy atom. The number of hydrogen-bond acceptors (Lipinski definition) is 4. The van der Waals surface area contributed by atoms with Crippen molar-refractivity contribution in [3.63, 3.8) is 0 Å². The lowest BCUT2D eigenvalue weighted by Gasteiger charge is -2.05. The molecule has 0 aliphatic carbocycles. The van der Waals surface area contributed by atoms with Crippen molar-refractivity contribution in [2.75, 3.05) is 11.9 Å². The predicted octanol–water partition coefficient (Wildman–Crippen LogP) is 2.34. The van der Waals surface area contributed by atoms with Crippen LogP contribution in [-0.4, -0.2) is 30.5 Å². The molecule has 0 amide bonds. The van der Waals surface area contributed by atoms with Gasteiger partial charge in [0, 0.05) is 37.8 Å². The Kier molecular flexibility index (Phi) is 3.00. The largest absolute Gasteiger partial charge is 0.368 e. The number of hydrogen-bond donors (Lipinski definition) is 1. The fraction of sp³-hybridized carbons (Fsp3) is 0.188. The van der Waals surface area contributed by atoms with Crippen LogP contribution in [0.5, 0.6) is 0 Å². The smallest absolute Gasteiger partial charge is 0.152 e. The van der Waals surface area contributed by atoms with Crippen molar-refractivity contribution in [3.8, 4) is 0 Å². The number of fused-ring (bicyclic) bond motifs is 2. The van der Waals surface area contributed by atoms with Crippen molar-refractivity contribution < 1.29 is 0 Å². The third-order valence-electron chi connectivity index (χ3n) is 3.60. The van der Waals surface area contributed by atoms with Crippen LogP contribution in [0.3, 0.4) is 0 Å². The SMILES string of the molecule is Cc1cc2c(NCCc3cn4ccccc4n3)nccn2n1. The van der Waals surface area contributed by atoms with Gasteiger partial charge in [-0.15, -0.1) is 0 Å². The van der Waals surface area contributed by atoms with E-state index in [2.05, 4.69) is 26.6 Å². The minimum atomic E-state index is 0.779. The molecule has 22 heavy (non-hydrogen) atoms. The minimum Gasteiger partial charge on any atom is -0.368 e. The second kappa shape index (κ2) is 5.14. The van der Waals surface area contributed by atoms with Crippen molar-refractivity contribution in [1.82, 2.24) is 24.0 Å². The van der Waals surface area contributed by atoms with Gasteiger partial charge in [0.15, 0.2) is 5.82 Å². The van der Waals surface area contributed by atoms with Crippen molar-refractivity contribution in [1.29, 1.82) is 0 Å². The molecule has 0 saturated heterocycles. The summed E-state index contributed by atoms with van der Waals surface area (Å²) in [4.78, 5) is 8.99. The lowest BCUT2D eigenvalue weighted by Crippen LogP contribution is -2.07. The van der Waals surface area contributed by atoms with E-state index >= 15 is 0 Å². The third kappa shape index (κ3) is 2.28. The van der Waals surface area contributed by atoms with Gasteiger partial charge in [-0.3, -0.25) is 0 Å². The summed E-state index contributed by atoms with van der Waals surface area (Å²) in [6.45, 7) is 2.76. The van der Waals surface area contributed by atoms with Crippen molar-refractivity contribution in [3.05, 3.63) is 60.4 Å². The molecule has 4 aromatic heterocycles. The van der Waals surface area contributed by atoms with Gasteiger partial charge in [-0.25, -0.2) is 14.5 Å². The third-order valence-corrected chi connectivity index (χ3v) is 3.60. The predicted molar refractivity (Wildman–Crippen MR) is 85.1 cm³/mol. The normalized spacial score (nSPS) is 11.3. The van der Waals surface area contributed by atoms with Crippen LogP contribution in [0.2, 0.25) is 0 Å². The van der Waals surface area contributed by atoms with E-state index in [0.29, 0.717) is 0 Å². The molecule has 4 aromatic rings. The highest BCUT2D eigenvalue weighted by Gasteiger charge is 2.05. The van der Waals surface area contributed by atoms with Gasteiger partial charge in [-0.05, 0) is 25.1 Å². The highest BCUT2D eigenvalue weighted by atomic mass is 15.2. The summed E-state index contributed by atoms with van der Waals surface area (Å²) >= 11 is 0. The molecule has 4 heterocycles. The number of aromatic nitrogens is 5. The molecule has 6 heteroatoms. The molecule has 0 aliphatic rings. The van der Waals surface area contributed by atoms with Crippen molar-refractivity contribution in [2.45, 2.75) is 13.3 Å². The first-order valence-electron chi connectivity index (χ1n) is 7.27. The summed E-state index contributed by atoms with van der Waals surface area (Å²) < 4.78 is 3.88. The number of nitrogens with one attached hydrogen (secondary N) is 1. The van der Waals surface area contributed by atoms with Gasteiger partial charge >= 0.3 is 0 Å². The van der Waals surface area contributed by atoms with Crippen molar-refractivity contribution >= 4 is 17.0 Å². The number of pyridine rings is 1. The van der Waals surface area contributed by atoms with Crippen LogP contribution in [0, 0.1) is 6.92 Å². The quantitative estimate of drug-likeness (QED) is 0.627. The molecule has 110 valence electrons. The summed E-state index contributed by atoms with van der Waals surface area (Å²) in [5.74, 6) is 0.854. The second-order valence-electron chi connectivity index (χ2n) is 5.27. The van der Waals surface area contributed by atoms with Crippen LogP contribution in [0.4, 0.5) is 5.82 Å². The number of anilines is 1. The Balaban J connectivity index is 1.50. The van der Waals surface area contributed by atoms with Gasteiger partial charge in [0.05, 0.1) is 11.4 Å². The zero-order valence-electron chi connectivity index (χ0n) is 12.3. The van der Waals surface area contributed by atoms with Gasteiger partial charge in [-0.1, -0.05) is 6.07 Å². The maximum absolute atomic E-state index is 4.60. The fourth-order valence-corrected chi connectivity index (χ4v) is 2.60. The van der Waals surface area contributed by atoms with E-state index in [1.807, 2.05) is 52.5 Å². The standard InChI is InChI=1S/C16H16N6/c1-12-10-14-16(18-7-9-22(14)20-12)17-6-5-13-11-21-8-3-2-4-15(21)19-13/h2-4,7-11H,5-6H2,1H3,(H,17,18). The van der Waals surface area contributed by atoms with E-state index in [4.69, 9.17) is 0 Å². The number of aryl methyl sites for hydroxylation is 1. The van der Waals surface area contributed by atoms with Crippen LogP contribution in [-0.2, 0) is 6.42 Å². The molecular formula is C16H16N6. The lowest BCUT2D eigenvalue weighted by molar-refractivity contribution is 0.914. The molecule has 0 unspecified atom stereocenters. The summed E-state index contributed by atoms with van der Waals surface area (Å²) in [6, 6.07) is 8.04. The molecule has 0 bridgehead atoms. The van der Waals surface area contributed by atoms with E-state index < -0.39 is 0 Å². The number of imidazole rings is 1. The summed E-state index contributed by atoms with van der Waals surface area (Å²) in [7, 11) is 0. The van der Waals surface area contributed by atoms with Crippen LogP contribution in [0.25, 0.3) is 11.2 Å². The van der Waals surface area contributed by atoms with Gasteiger partial charge in [0.1, 0.15) is 11.2 Å². The fourth-order valence-electron chi connectivity index (χ4n) is 2.60. The lowest BCUT2D eigenvalue weighted by atomic mass is 10.3. The van der Waals surface area contributed by atoms with E-state index in [0.717, 1.165) is 41.3 Å². The summed E-state index contributed by atoms with van der Waals surface area (Å²) in [5, 5.41) is 7.76. The molecular weight excluding hydrogens is 276 g/mol. The van der Waals surface area contributed by atoms with Gasteiger partial charge < -0.3 is 9.72 Å². The molecule has 6 nitrogen and oxygen atoms in total. The molecule has 0 fully saturated rings. The Morgan fingerprint density at radius 2 is 2.18 bits per heavy atom. The zero-order valence-corrected chi connectivity index (χ0v) is 12.3. The van der Waals surface area contributed by atoms with Gasteiger partial charge in [0.25, 0.3) is 0 Å². The Morgan fingerprint density at radius 1 is 1.23 bits per heavy atom.